The smallest absolute Gasteiger partial charge is 0.200 e. The van der Waals surface area contributed by atoms with E-state index in [1.807, 2.05) is 0 Å². The number of benzene rings is 1. The highest BCUT2D eigenvalue weighted by molar-refractivity contribution is 7.99. The molecule has 0 saturated heterocycles. The van der Waals surface area contributed by atoms with Gasteiger partial charge in [-0.2, -0.15) is 0 Å². The summed E-state index contributed by atoms with van der Waals surface area (Å²) in [7, 11) is 0. The van der Waals surface area contributed by atoms with Crippen molar-refractivity contribution in [3.63, 3.8) is 0 Å². The summed E-state index contributed by atoms with van der Waals surface area (Å²) in [4.78, 5) is -0.896. The van der Waals surface area contributed by atoms with E-state index in [-0.39, 0.29) is 11.6 Å². The van der Waals surface area contributed by atoms with Gasteiger partial charge in [-0.3, -0.25) is 0 Å². The van der Waals surface area contributed by atoms with Gasteiger partial charge in [0, 0.05) is 11.6 Å². The molecular weight excluding hydrogens is 259 g/mol. The highest BCUT2D eigenvalue weighted by Gasteiger charge is 2.25. The molecule has 84 valence electrons. The van der Waals surface area contributed by atoms with Crippen LogP contribution in [-0.4, -0.2) is 11.6 Å². The molecule has 0 aliphatic carbocycles. The van der Waals surface area contributed by atoms with E-state index >= 15 is 0 Å². The van der Waals surface area contributed by atoms with E-state index in [9.17, 15) is 22.0 Å². The monoisotopic (exact) mass is 262 g/mol. The Kier molecular flexibility index (Phi) is 4.21. The molecule has 0 amide bonds. The van der Waals surface area contributed by atoms with Crippen molar-refractivity contribution in [1.29, 1.82) is 0 Å². The first kappa shape index (κ1) is 12.6. The lowest BCUT2D eigenvalue weighted by molar-refractivity contribution is 0.361. The van der Waals surface area contributed by atoms with Gasteiger partial charge in [-0.05, 0) is 0 Å². The topological polar surface area (TPSA) is 0 Å². The Labute approximate surface area is 91.4 Å². The quantitative estimate of drug-likeness (QED) is 0.263. The van der Waals surface area contributed by atoms with Crippen LogP contribution in [0, 0.1) is 29.1 Å². The zero-order chi connectivity index (χ0) is 11.6. The van der Waals surface area contributed by atoms with Gasteiger partial charge in [0.2, 0.25) is 5.82 Å². The normalized spacial score (nSPS) is 10.8. The zero-order valence-corrected chi connectivity index (χ0v) is 8.66. The highest BCUT2D eigenvalue weighted by atomic mass is 35.5. The Balaban J connectivity index is 3.26. The van der Waals surface area contributed by atoms with Crippen LogP contribution in [0.25, 0.3) is 0 Å². The van der Waals surface area contributed by atoms with E-state index in [1.54, 1.807) is 0 Å². The summed E-state index contributed by atoms with van der Waals surface area (Å²) >= 11 is 5.72. The molecule has 0 unspecified atom stereocenters. The predicted octanol–water partition coefficient (Wildman–Crippen LogP) is 3.71. The molecule has 1 aromatic carbocycles. The number of hydrogen-bond acceptors (Lipinski definition) is 1. The first-order valence-electron chi connectivity index (χ1n) is 3.70. The Morgan fingerprint density at radius 2 is 1.20 bits per heavy atom. The summed E-state index contributed by atoms with van der Waals surface area (Å²) in [5.41, 5.74) is 0. The van der Waals surface area contributed by atoms with Crippen molar-refractivity contribution in [2.45, 2.75) is 4.90 Å². The molecular formula is C8H4ClF5S. The SMILES string of the molecule is Fc1c(F)c(F)c(SCCCl)c(F)c1F. The number of alkyl halides is 1. The Hall–Kier alpha value is -0.490. The first-order chi connectivity index (χ1) is 7.00. The van der Waals surface area contributed by atoms with E-state index in [2.05, 4.69) is 0 Å². The van der Waals surface area contributed by atoms with Crippen molar-refractivity contribution in [3.8, 4) is 0 Å². The molecule has 0 fully saturated rings. The van der Waals surface area contributed by atoms with Gasteiger partial charge in [0.1, 0.15) is 0 Å². The molecule has 0 aliphatic heterocycles. The zero-order valence-electron chi connectivity index (χ0n) is 7.09. The van der Waals surface area contributed by atoms with Gasteiger partial charge in [0.25, 0.3) is 0 Å². The standard InChI is InChI=1S/C8H4ClF5S/c9-1-2-15-8-6(13)4(11)3(10)5(12)7(8)14/h1-2H2. The van der Waals surface area contributed by atoms with Crippen LogP contribution in [0.3, 0.4) is 0 Å². The summed E-state index contributed by atoms with van der Waals surface area (Å²) in [6.45, 7) is 0. The molecule has 1 rings (SSSR count). The molecule has 15 heavy (non-hydrogen) atoms. The lowest BCUT2D eigenvalue weighted by Gasteiger charge is -2.06. The van der Waals surface area contributed by atoms with Gasteiger partial charge in [-0.15, -0.1) is 23.4 Å². The molecule has 7 heteroatoms. The van der Waals surface area contributed by atoms with Gasteiger partial charge < -0.3 is 0 Å². The summed E-state index contributed by atoms with van der Waals surface area (Å²) in [5.74, 6) is -9.57. The maximum absolute atomic E-state index is 12.9. The molecule has 1 aromatic rings. The average molecular weight is 263 g/mol. The summed E-state index contributed by atoms with van der Waals surface area (Å²) in [6.07, 6.45) is 0. The van der Waals surface area contributed by atoms with Crippen LogP contribution in [0.1, 0.15) is 0 Å². The van der Waals surface area contributed by atoms with Crippen molar-refractivity contribution in [2.24, 2.45) is 0 Å². The largest absolute Gasteiger partial charge is 0.202 e. The van der Waals surface area contributed by atoms with Crippen LogP contribution in [-0.2, 0) is 0 Å². The average Bonchev–Trinajstić information content (AvgIpc) is 2.24. The maximum Gasteiger partial charge on any atom is 0.200 e. The fourth-order valence-electron chi connectivity index (χ4n) is 0.852. The highest BCUT2D eigenvalue weighted by Crippen LogP contribution is 2.30. The molecule has 0 atom stereocenters. The molecule has 0 spiro atoms. The molecule has 0 N–H and O–H groups in total. The molecule has 0 bridgehead atoms. The molecule has 0 nitrogen and oxygen atoms in total. The summed E-state index contributed by atoms with van der Waals surface area (Å²) in [5, 5.41) is 0. The van der Waals surface area contributed by atoms with Crippen molar-refractivity contribution < 1.29 is 22.0 Å². The second kappa shape index (κ2) is 5.03. The lowest BCUT2D eigenvalue weighted by Crippen LogP contribution is -2.03. The van der Waals surface area contributed by atoms with Gasteiger partial charge in [-0.25, -0.2) is 22.0 Å². The molecule has 0 radical (unpaired) electrons. The van der Waals surface area contributed by atoms with Crippen LogP contribution >= 0.6 is 23.4 Å². The van der Waals surface area contributed by atoms with Crippen molar-refractivity contribution in [3.05, 3.63) is 29.1 Å². The lowest BCUT2D eigenvalue weighted by atomic mass is 10.3. The second-order valence-electron chi connectivity index (χ2n) is 2.44. The summed E-state index contributed by atoms with van der Waals surface area (Å²) < 4.78 is 63.7. The van der Waals surface area contributed by atoms with Gasteiger partial charge in [0.05, 0.1) is 4.90 Å². The minimum atomic E-state index is -2.15. The minimum Gasteiger partial charge on any atom is -0.202 e. The summed E-state index contributed by atoms with van der Waals surface area (Å²) in [6, 6.07) is 0. The van der Waals surface area contributed by atoms with E-state index < -0.39 is 34.0 Å². The second-order valence-corrected chi connectivity index (χ2v) is 3.92. The molecule has 0 saturated carbocycles. The fraction of sp³-hybridized carbons (Fsp3) is 0.250. The number of hydrogen-bond donors (Lipinski definition) is 0. The molecule has 0 aliphatic rings. The molecule has 0 heterocycles. The van der Waals surface area contributed by atoms with Crippen LogP contribution in [0.2, 0.25) is 0 Å². The van der Waals surface area contributed by atoms with E-state index in [0.29, 0.717) is 11.8 Å². The van der Waals surface area contributed by atoms with Crippen LogP contribution in [0.4, 0.5) is 22.0 Å². The van der Waals surface area contributed by atoms with Gasteiger partial charge in [0.15, 0.2) is 23.3 Å². The Morgan fingerprint density at radius 3 is 1.60 bits per heavy atom. The van der Waals surface area contributed by atoms with Gasteiger partial charge in [-0.1, -0.05) is 0 Å². The predicted molar refractivity (Wildman–Crippen MR) is 47.7 cm³/mol. The fourth-order valence-corrected chi connectivity index (χ4v) is 1.80. The van der Waals surface area contributed by atoms with E-state index in [1.165, 1.54) is 0 Å². The van der Waals surface area contributed by atoms with E-state index in [0.717, 1.165) is 0 Å². The van der Waals surface area contributed by atoms with Crippen molar-refractivity contribution >= 4 is 23.4 Å². The third-order valence-corrected chi connectivity index (χ3v) is 2.96. The number of rotatable bonds is 3. The first-order valence-corrected chi connectivity index (χ1v) is 5.23. The van der Waals surface area contributed by atoms with E-state index in [4.69, 9.17) is 11.6 Å². The Morgan fingerprint density at radius 1 is 0.800 bits per heavy atom. The van der Waals surface area contributed by atoms with Crippen LogP contribution in [0.5, 0.6) is 0 Å². The van der Waals surface area contributed by atoms with Crippen molar-refractivity contribution in [2.75, 3.05) is 11.6 Å². The number of thioether (sulfide) groups is 1. The molecule has 0 aromatic heterocycles. The maximum atomic E-state index is 12.9. The minimum absolute atomic E-state index is 0.0458. The third kappa shape index (κ3) is 2.36. The van der Waals surface area contributed by atoms with Crippen LogP contribution < -0.4 is 0 Å². The van der Waals surface area contributed by atoms with Crippen LogP contribution in [0.15, 0.2) is 4.90 Å². The van der Waals surface area contributed by atoms with Crippen molar-refractivity contribution in [1.82, 2.24) is 0 Å². The third-order valence-electron chi connectivity index (χ3n) is 1.49. The van der Waals surface area contributed by atoms with Gasteiger partial charge >= 0.3 is 0 Å². The Bertz CT molecular complexity index is 353. The number of halogens is 6.